The third-order valence-corrected chi connectivity index (χ3v) is 8.43. The Bertz CT molecular complexity index is 1540. The number of carbonyl (C=O) groups excluding carboxylic acids is 1. The Morgan fingerprint density at radius 2 is 1.95 bits per heavy atom. The van der Waals surface area contributed by atoms with Crippen LogP contribution in [0.2, 0.25) is 5.02 Å². The van der Waals surface area contributed by atoms with Crippen LogP contribution in [-0.4, -0.2) is 33.5 Å². The third kappa shape index (κ3) is 5.44. The van der Waals surface area contributed by atoms with Gasteiger partial charge in [0.15, 0.2) is 5.16 Å². The number of carbonyl (C=O) groups is 1. The SMILES string of the molecule is CCOc1ccc(-n2c(SCC(=O)NN=C(C)c3ccc(Cl)cc3)nc3sc4c(c3c2=O)CCC4)cc1. The number of benzene rings is 2. The standard InChI is InChI=1S/C27H25ClN4O3S2/c1-3-35-20-13-11-19(12-14-20)32-26(34)24-21-5-4-6-22(21)37-25(24)29-27(32)36-15-23(33)31-30-16(2)17-7-9-18(28)10-8-17/h7-14H,3-6,15H2,1-2H3,(H,31,33). The lowest BCUT2D eigenvalue weighted by Gasteiger charge is -2.13. The Morgan fingerprint density at radius 1 is 1.19 bits per heavy atom. The molecule has 2 aromatic heterocycles. The summed E-state index contributed by atoms with van der Waals surface area (Å²) < 4.78 is 7.16. The predicted octanol–water partition coefficient (Wildman–Crippen LogP) is 5.62. The molecule has 2 aromatic carbocycles. The van der Waals surface area contributed by atoms with E-state index in [2.05, 4.69) is 10.5 Å². The van der Waals surface area contributed by atoms with Gasteiger partial charge in [-0.25, -0.2) is 10.4 Å². The molecule has 0 saturated heterocycles. The summed E-state index contributed by atoms with van der Waals surface area (Å²) in [4.78, 5) is 33.2. The lowest BCUT2D eigenvalue weighted by molar-refractivity contribution is -0.118. The van der Waals surface area contributed by atoms with Gasteiger partial charge in [0, 0.05) is 9.90 Å². The molecular formula is C27H25ClN4O3S2. The molecule has 0 saturated carbocycles. The number of thioether (sulfide) groups is 1. The quantitative estimate of drug-likeness (QED) is 0.133. The normalized spacial score (nSPS) is 13.1. The highest BCUT2D eigenvalue weighted by atomic mass is 35.5. The summed E-state index contributed by atoms with van der Waals surface area (Å²) in [6.07, 6.45) is 2.94. The van der Waals surface area contributed by atoms with Crippen molar-refractivity contribution in [2.24, 2.45) is 5.10 Å². The van der Waals surface area contributed by atoms with Crippen molar-refractivity contribution in [1.82, 2.24) is 15.0 Å². The van der Waals surface area contributed by atoms with E-state index < -0.39 is 0 Å². The van der Waals surface area contributed by atoms with E-state index in [-0.39, 0.29) is 17.2 Å². The van der Waals surface area contributed by atoms with Crippen molar-refractivity contribution in [1.29, 1.82) is 0 Å². The Kier molecular flexibility index (Phi) is 7.64. The minimum absolute atomic E-state index is 0.0530. The second kappa shape index (κ2) is 11.1. The zero-order chi connectivity index (χ0) is 25.9. The molecule has 1 aliphatic rings. The fraction of sp³-hybridized carbons (Fsp3) is 0.259. The number of aryl methyl sites for hydroxylation is 2. The van der Waals surface area contributed by atoms with Crippen LogP contribution in [0.3, 0.4) is 0 Å². The summed E-state index contributed by atoms with van der Waals surface area (Å²) in [6.45, 7) is 4.30. The average molecular weight is 553 g/mol. The largest absolute Gasteiger partial charge is 0.494 e. The highest BCUT2D eigenvalue weighted by Gasteiger charge is 2.24. The molecule has 7 nitrogen and oxygen atoms in total. The van der Waals surface area contributed by atoms with Gasteiger partial charge in [-0.05, 0) is 80.6 Å². The molecule has 0 bridgehead atoms. The van der Waals surface area contributed by atoms with Crippen LogP contribution >= 0.6 is 34.7 Å². The average Bonchev–Trinajstić information content (AvgIpc) is 3.48. The van der Waals surface area contributed by atoms with Gasteiger partial charge in [-0.3, -0.25) is 14.2 Å². The van der Waals surface area contributed by atoms with Gasteiger partial charge in [-0.2, -0.15) is 5.10 Å². The molecule has 10 heteroatoms. The molecule has 0 atom stereocenters. The zero-order valence-corrected chi connectivity index (χ0v) is 22.8. The maximum atomic E-state index is 13.8. The summed E-state index contributed by atoms with van der Waals surface area (Å²) in [5.74, 6) is 0.490. The van der Waals surface area contributed by atoms with Gasteiger partial charge >= 0.3 is 0 Å². The number of hydrazone groups is 1. The predicted molar refractivity (Wildman–Crippen MR) is 151 cm³/mol. The Labute approximate surface area is 227 Å². The van der Waals surface area contributed by atoms with Gasteiger partial charge in [-0.15, -0.1) is 11.3 Å². The highest BCUT2D eigenvalue weighted by Crippen LogP contribution is 2.36. The molecule has 1 amide bonds. The maximum absolute atomic E-state index is 13.8. The molecular weight excluding hydrogens is 528 g/mol. The van der Waals surface area contributed by atoms with Crippen LogP contribution < -0.4 is 15.7 Å². The van der Waals surface area contributed by atoms with Gasteiger partial charge in [0.2, 0.25) is 0 Å². The Morgan fingerprint density at radius 3 is 2.68 bits per heavy atom. The molecule has 0 radical (unpaired) electrons. The fourth-order valence-corrected chi connectivity index (χ4v) is 6.51. The second-order valence-corrected chi connectivity index (χ2v) is 11.0. The van der Waals surface area contributed by atoms with Crippen LogP contribution in [0.5, 0.6) is 5.75 Å². The highest BCUT2D eigenvalue weighted by molar-refractivity contribution is 7.99. The van der Waals surface area contributed by atoms with Crippen molar-refractivity contribution in [3.8, 4) is 11.4 Å². The molecule has 0 aliphatic heterocycles. The summed E-state index contributed by atoms with van der Waals surface area (Å²) in [5.41, 5.74) is 5.82. The minimum Gasteiger partial charge on any atom is -0.494 e. The lowest BCUT2D eigenvalue weighted by atomic mass is 10.1. The molecule has 0 spiro atoms. The Hall–Kier alpha value is -3.14. The number of ether oxygens (including phenoxy) is 1. The van der Waals surface area contributed by atoms with Crippen molar-refractivity contribution in [2.45, 2.75) is 38.3 Å². The first-order chi connectivity index (χ1) is 17.9. The number of rotatable bonds is 8. The van der Waals surface area contributed by atoms with E-state index >= 15 is 0 Å². The molecule has 1 aliphatic carbocycles. The molecule has 0 fully saturated rings. The summed E-state index contributed by atoms with van der Waals surface area (Å²) in [6, 6.07) is 14.6. The van der Waals surface area contributed by atoms with Crippen LogP contribution in [0.1, 0.15) is 36.3 Å². The Balaban J connectivity index is 1.42. The monoisotopic (exact) mass is 552 g/mol. The van der Waals surface area contributed by atoms with E-state index in [9.17, 15) is 9.59 Å². The van der Waals surface area contributed by atoms with Gasteiger partial charge in [0.1, 0.15) is 10.6 Å². The van der Waals surface area contributed by atoms with E-state index in [0.717, 1.165) is 41.0 Å². The summed E-state index contributed by atoms with van der Waals surface area (Å²) in [7, 11) is 0. The van der Waals surface area contributed by atoms with E-state index in [1.54, 1.807) is 28.0 Å². The van der Waals surface area contributed by atoms with Gasteiger partial charge in [0.25, 0.3) is 11.5 Å². The smallest absolute Gasteiger partial charge is 0.267 e. The van der Waals surface area contributed by atoms with Gasteiger partial charge < -0.3 is 4.74 Å². The molecule has 4 aromatic rings. The molecule has 190 valence electrons. The van der Waals surface area contributed by atoms with Crippen LogP contribution in [0.4, 0.5) is 0 Å². The number of fused-ring (bicyclic) bond motifs is 3. The van der Waals surface area contributed by atoms with Crippen molar-refractivity contribution in [3.63, 3.8) is 0 Å². The van der Waals surface area contributed by atoms with Crippen LogP contribution in [0.15, 0.2) is 63.6 Å². The van der Waals surface area contributed by atoms with Crippen molar-refractivity contribution >= 4 is 56.5 Å². The summed E-state index contributed by atoms with van der Waals surface area (Å²) in [5, 5.41) is 6.01. The van der Waals surface area contributed by atoms with Crippen molar-refractivity contribution in [3.05, 3.63) is 79.9 Å². The molecule has 0 unspecified atom stereocenters. The number of halogens is 1. The molecule has 37 heavy (non-hydrogen) atoms. The van der Waals surface area contributed by atoms with Crippen LogP contribution in [0, 0.1) is 0 Å². The number of thiophene rings is 1. The first kappa shape index (κ1) is 25.5. The van der Waals surface area contributed by atoms with E-state index in [1.165, 1.54) is 16.6 Å². The fourth-order valence-electron chi connectivity index (χ4n) is 4.27. The van der Waals surface area contributed by atoms with Crippen molar-refractivity contribution < 1.29 is 9.53 Å². The van der Waals surface area contributed by atoms with E-state index in [0.29, 0.717) is 33.6 Å². The number of amides is 1. The third-order valence-electron chi connectivity index (χ3n) is 6.06. The zero-order valence-electron chi connectivity index (χ0n) is 20.4. The number of hydrogen-bond acceptors (Lipinski definition) is 7. The van der Waals surface area contributed by atoms with Crippen LogP contribution in [-0.2, 0) is 17.6 Å². The lowest BCUT2D eigenvalue weighted by Crippen LogP contribution is -2.24. The molecule has 5 rings (SSSR count). The van der Waals surface area contributed by atoms with E-state index in [4.69, 9.17) is 21.3 Å². The minimum atomic E-state index is -0.292. The number of nitrogens with zero attached hydrogens (tertiary/aromatic N) is 3. The first-order valence-corrected chi connectivity index (χ1v) is 14.1. The van der Waals surface area contributed by atoms with Crippen LogP contribution in [0.25, 0.3) is 15.9 Å². The molecule has 1 N–H and O–H groups in total. The molecule has 2 heterocycles. The van der Waals surface area contributed by atoms with Gasteiger partial charge in [-0.1, -0.05) is 35.5 Å². The summed E-state index contributed by atoms with van der Waals surface area (Å²) >= 11 is 8.74. The number of hydrogen-bond donors (Lipinski definition) is 1. The maximum Gasteiger partial charge on any atom is 0.267 e. The van der Waals surface area contributed by atoms with Crippen molar-refractivity contribution in [2.75, 3.05) is 12.4 Å². The topological polar surface area (TPSA) is 85.6 Å². The van der Waals surface area contributed by atoms with E-state index in [1.807, 2.05) is 50.2 Å². The van der Waals surface area contributed by atoms with Gasteiger partial charge in [0.05, 0.1) is 29.1 Å². The number of aromatic nitrogens is 2. The second-order valence-electron chi connectivity index (χ2n) is 8.53. The number of nitrogens with one attached hydrogen (secondary N) is 1. The first-order valence-electron chi connectivity index (χ1n) is 12.0.